The Labute approximate surface area is 133 Å². The van der Waals surface area contributed by atoms with Crippen molar-refractivity contribution in [2.75, 3.05) is 0 Å². The molecule has 1 amide bonds. The zero-order chi connectivity index (χ0) is 16.2. The van der Waals surface area contributed by atoms with E-state index < -0.39 is 0 Å². The molecule has 3 heterocycles. The van der Waals surface area contributed by atoms with E-state index in [4.69, 9.17) is 0 Å². The highest BCUT2D eigenvalue weighted by atomic mass is 16.2. The third-order valence-corrected chi connectivity index (χ3v) is 3.56. The van der Waals surface area contributed by atoms with Crippen molar-refractivity contribution in [3.8, 4) is 11.4 Å². The summed E-state index contributed by atoms with van der Waals surface area (Å²) in [7, 11) is 0. The molecule has 0 spiro atoms. The third-order valence-electron chi connectivity index (χ3n) is 3.56. The molecular formula is C15H17N7O. The summed E-state index contributed by atoms with van der Waals surface area (Å²) < 4.78 is 1.82. The maximum Gasteiger partial charge on any atom is 0.243 e. The summed E-state index contributed by atoms with van der Waals surface area (Å²) in [6.45, 7) is 3.98. The van der Waals surface area contributed by atoms with Crippen molar-refractivity contribution in [1.82, 2.24) is 35.0 Å². The van der Waals surface area contributed by atoms with Crippen LogP contribution >= 0.6 is 0 Å². The Bertz CT molecular complexity index is 793. The fourth-order valence-corrected chi connectivity index (χ4v) is 2.25. The molecule has 0 saturated heterocycles. The first-order chi connectivity index (χ1) is 11.1. The van der Waals surface area contributed by atoms with Crippen LogP contribution in [-0.4, -0.2) is 35.6 Å². The Morgan fingerprint density at radius 3 is 2.83 bits per heavy atom. The van der Waals surface area contributed by atoms with E-state index in [1.165, 1.54) is 0 Å². The molecular weight excluding hydrogens is 294 g/mol. The normalized spacial score (nSPS) is 12.1. The number of H-pyrrole nitrogens is 1. The smallest absolute Gasteiger partial charge is 0.243 e. The molecule has 0 unspecified atom stereocenters. The van der Waals surface area contributed by atoms with Gasteiger partial charge in [-0.3, -0.25) is 14.9 Å². The molecule has 3 aromatic heterocycles. The van der Waals surface area contributed by atoms with Crippen molar-refractivity contribution in [3.05, 3.63) is 48.6 Å². The van der Waals surface area contributed by atoms with Crippen LogP contribution in [0.5, 0.6) is 0 Å². The summed E-state index contributed by atoms with van der Waals surface area (Å²) >= 11 is 0. The highest BCUT2D eigenvalue weighted by Gasteiger charge is 2.16. The molecule has 2 N–H and O–H groups in total. The molecule has 0 bridgehead atoms. The van der Waals surface area contributed by atoms with Crippen LogP contribution in [0.3, 0.4) is 0 Å². The van der Waals surface area contributed by atoms with Crippen LogP contribution < -0.4 is 5.32 Å². The van der Waals surface area contributed by atoms with Gasteiger partial charge in [-0.15, -0.1) is 0 Å². The molecule has 0 aliphatic heterocycles. The largest absolute Gasteiger partial charge is 0.347 e. The van der Waals surface area contributed by atoms with Crippen molar-refractivity contribution in [2.45, 2.75) is 26.4 Å². The second kappa shape index (κ2) is 6.39. The van der Waals surface area contributed by atoms with Gasteiger partial charge in [-0.05, 0) is 26.0 Å². The Kier molecular flexibility index (Phi) is 4.13. The molecule has 0 saturated carbocycles. The number of nitrogens with zero attached hydrogens (tertiary/aromatic N) is 5. The number of hydrogen-bond acceptors (Lipinski definition) is 5. The minimum absolute atomic E-state index is 0.104. The highest BCUT2D eigenvalue weighted by Crippen LogP contribution is 2.12. The fraction of sp³-hybridized carbons (Fsp3) is 0.267. The minimum atomic E-state index is -0.333. The zero-order valence-electron chi connectivity index (χ0n) is 12.9. The molecule has 1 atom stereocenters. The molecule has 0 aromatic carbocycles. The number of pyridine rings is 1. The van der Waals surface area contributed by atoms with Crippen molar-refractivity contribution < 1.29 is 4.79 Å². The minimum Gasteiger partial charge on any atom is -0.347 e. The topological polar surface area (TPSA) is 101 Å². The van der Waals surface area contributed by atoms with Crippen LogP contribution in [0.15, 0.2) is 36.9 Å². The second-order valence-corrected chi connectivity index (χ2v) is 5.12. The van der Waals surface area contributed by atoms with Gasteiger partial charge in [0.2, 0.25) is 5.91 Å². The van der Waals surface area contributed by atoms with E-state index in [1.54, 1.807) is 24.8 Å². The number of aromatic nitrogens is 6. The lowest BCUT2D eigenvalue weighted by atomic mass is 10.2. The summed E-state index contributed by atoms with van der Waals surface area (Å²) in [5.74, 6) is 1.87. The number of hydrogen-bond donors (Lipinski definition) is 2. The van der Waals surface area contributed by atoms with Gasteiger partial charge in [-0.1, -0.05) is 0 Å². The van der Waals surface area contributed by atoms with Gasteiger partial charge in [-0.25, -0.2) is 9.97 Å². The standard InChI is InChI=1S/C15H17N7O/c1-10(22-8-7-17-11(22)2)15(23)18-9-13-19-14(21-20-13)12-3-5-16-6-4-12/h3-8,10H,9H2,1-2H3,(H,18,23)(H,19,20,21)/t10-/m0/s1. The van der Waals surface area contributed by atoms with Gasteiger partial charge in [-0.2, -0.15) is 5.10 Å². The predicted molar refractivity (Wildman–Crippen MR) is 83.1 cm³/mol. The number of rotatable bonds is 5. The Balaban J connectivity index is 1.62. The van der Waals surface area contributed by atoms with Gasteiger partial charge in [0.15, 0.2) is 5.82 Å². The predicted octanol–water partition coefficient (Wildman–Crippen LogP) is 1.25. The maximum absolute atomic E-state index is 12.2. The lowest BCUT2D eigenvalue weighted by Crippen LogP contribution is -2.31. The summed E-state index contributed by atoms with van der Waals surface area (Å²) in [4.78, 5) is 24.7. The molecule has 3 aromatic rings. The number of imidazole rings is 1. The van der Waals surface area contributed by atoms with E-state index >= 15 is 0 Å². The van der Waals surface area contributed by atoms with Crippen LogP contribution in [0.2, 0.25) is 0 Å². The number of aromatic amines is 1. The quantitative estimate of drug-likeness (QED) is 0.738. The van der Waals surface area contributed by atoms with Crippen LogP contribution in [0, 0.1) is 6.92 Å². The van der Waals surface area contributed by atoms with Crippen molar-refractivity contribution in [3.63, 3.8) is 0 Å². The molecule has 0 aliphatic rings. The highest BCUT2D eigenvalue weighted by molar-refractivity contribution is 5.79. The van der Waals surface area contributed by atoms with Crippen LogP contribution in [0.1, 0.15) is 24.6 Å². The monoisotopic (exact) mass is 311 g/mol. The van der Waals surface area contributed by atoms with Gasteiger partial charge in [0.05, 0.1) is 6.54 Å². The Morgan fingerprint density at radius 1 is 1.35 bits per heavy atom. The van der Waals surface area contributed by atoms with Gasteiger partial charge in [0.25, 0.3) is 0 Å². The molecule has 0 fully saturated rings. The van der Waals surface area contributed by atoms with Crippen molar-refractivity contribution in [1.29, 1.82) is 0 Å². The molecule has 8 heteroatoms. The van der Waals surface area contributed by atoms with E-state index in [0.29, 0.717) is 11.6 Å². The molecule has 0 aliphatic carbocycles. The van der Waals surface area contributed by atoms with Gasteiger partial charge >= 0.3 is 0 Å². The SMILES string of the molecule is Cc1nccn1[C@@H](C)C(=O)NCc1nc(-c2ccncc2)n[nH]1. The van der Waals surface area contributed by atoms with E-state index in [9.17, 15) is 4.79 Å². The van der Waals surface area contributed by atoms with E-state index in [1.807, 2.05) is 30.5 Å². The van der Waals surface area contributed by atoms with E-state index in [-0.39, 0.29) is 18.5 Å². The Morgan fingerprint density at radius 2 is 2.13 bits per heavy atom. The van der Waals surface area contributed by atoms with Crippen LogP contribution in [0.4, 0.5) is 0 Å². The number of amides is 1. The van der Waals surface area contributed by atoms with Crippen LogP contribution in [-0.2, 0) is 11.3 Å². The van der Waals surface area contributed by atoms with Gasteiger partial charge in [0, 0.05) is 30.4 Å². The van der Waals surface area contributed by atoms with E-state index in [2.05, 4.69) is 30.5 Å². The molecule has 23 heavy (non-hydrogen) atoms. The number of aryl methyl sites for hydroxylation is 1. The molecule has 0 radical (unpaired) electrons. The lowest BCUT2D eigenvalue weighted by Gasteiger charge is -2.14. The lowest BCUT2D eigenvalue weighted by molar-refractivity contribution is -0.124. The van der Waals surface area contributed by atoms with Crippen molar-refractivity contribution in [2.24, 2.45) is 0 Å². The molecule has 118 valence electrons. The summed E-state index contributed by atoms with van der Waals surface area (Å²) in [5.41, 5.74) is 0.872. The van der Waals surface area contributed by atoms with Gasteiger partial charge < -0.3 is 9.88 Å². The average Bonchev–Trinajstić information content (AvgIpc) is 3.21. The first-order valence-corrected chi connectivity index (χ1v) is 7.24. The number of carbonyl (C=O) groups excluding carboxylic acids is 1. The molecule has 8 nitrogen and oxygen atoms in total. The average molecular weight is 311 g/mol. The zero-order valence-corrected chi connectivity index (χ0v) is 12.9. The fourth-order valence-electron chi connectivity index (χ4n) is 2.25. The maximum atomic E-state index is 12.2. The summed E-state index contributed by atoms with van der Waals surface area (Å²) in [5, 5.41) is 9.82. The van der Waals surface area contributed by atoms with Crippen LogP contribution in [0.25, 0.3) is 11.4 Å². The summed E-state index contributed by atoms with van der Waals surface area (Å²) in [6, 6.07) is 3.32. The van der Waals surface area contributed by atoms with Crippen molar-refractivity contribution >= 4 is 5.91 Å². The number of nitrogens with one attached hydrogen (secondary N) is 2. The molecule has 3 rings (SSSR count). The second-order valence-electron chi connectivity index (χ2n) is 5.12. The summed E-state index contributed by atoms with van der Waals surface area (Å²) in [6.07, 6.45) is 6.83. The Hall–Kier alpha value is -3.03. The number of carbonyl (C=O) groups is 1. The first kappa shape index (κ1) is 14.9. The first-order valence-electron chi connectivity index (χ1n) is 7.24. The van der Waals surface area contributed by atoms with Gasteiger partial charge in [0.1, 0.15) is 17.7 Å². The third kappa shape index (κ3) is 3.25. The van der Waals surface area contributed by atoms with E-state index in [0.717, 1.165) is 11.4 Å².